The molecular formula is C15H19F3N2O. The number of carbonyl (C=O) groups is 1. The monoisotopic (exact) mass is 300 g/mol. The Labute approximate surface area is 121 Å². The van der Waals surface area contributed by atoms with E-state index < -0.39 is 12.1 Å². The van der Waals surface area contributed by atoms with E-state index in [1.54, 1.807) is 18.2 Å². The van der Waals surface area contributed by atoms with Crippen molar-refractivity contribution >= 4 is 5.91 Å². The summed E-state index contributed by atoms with van der Waals surface area (Å²) in [4.78, 5) is 13.8. The maximum absolute atomic E-state index is 12.6. The Morgan fingerprint density at radius 1 is 1.29 bits per heavy atom. The number of rotatable bonds is 3. The van der Waals surface area contributed by atoms with Gasteiger partial charge in [-0.25, -0.2) is 0 Å². The summed E-state index contributed by atoms with van der Waals surface area (Å²) in [5, 5.41) is 0. The van der Waals surface area contributed by atoms with Crippen molar-refractivity contribution in [3.8, 4) is 0 Å². The first kappa shape index (κ1) is 15.8. The predicted octanol–water partition coefficient (Wildman–Crippen LogP) is 2.60. The highest BCUT2D eigenvalue weighted by Gasteiger charge is 2.41. The van der Waals surface area contributed by atoms with E-state index in [0.29, 0.717) is 18.5 Å². The van der Waals surface area contributed by atoms with Crippen molar-refractivity contribution in [2.45, 2.75) is 25.4 Å². The summed E-state index contributed by atoms with van der Waals surface area (Å²) in [6.45, 7) is 0.808. The fraction of sp³-hybridized carbons (Fsp3) is 0.533. The largest absolute Gasteiger partial charge is 0.391 e. The number of piperidine rings is 1. The molecule has 0 aromatic heterocycles. The van der Waals surface area contributed by atoms with Crippen LogP contribution in [0.4, 0.5) is 13.2 Å². The fourth-order valence-electron chi connectivity index (χ4n) is 2.62. The highest BCUT2D eigenvalue weighted by molar-refractivity contribution is 5.94. The van der Waals surface area contributed by atoms with Crippen LogP contribution in [0.3, 0.4) is 0 Å². The van der Waals surface area contributed by atoms with Gasteiger partial charge in [0.15, 0.2) is 0 Å². The zero-order chi connectivity index (χ0) is 15.5. The standard InChI is InChI=1S/C15H19F3N2O/c16-15(17,18)13-5-8-20(9-6-13)14(21)12-3-1-2-11(10-12)4-7-19/h1-3,10,13H,4-9,19H2. The molecule has 0 atom stereocenters. The van der Waals surface area contributed by atoms with Crippen molar-refractivity contribution in [1.29, 1.82) is 0 Å². The van der Waals surface area contributed by atoms with Crippen LogP contribution in [0.1, 0.15) is 28.8 Å². The van der Waals surface area contributed by atoms with Gasteiger partial charge in [0, 0.05) is 18.7 Å². The smallest absolute Gasteiger partial charge is 0.339 e. The van der Waals surface area contributed by atoms with Crippen molar-refractivity contribution in [3.63, 3.8) is 0 Å². The van der Waals surface area contributed by atoms with Crippen LogP contribution in [0.25, 0.3) is 0 Å². The van der Waals surface area contributed by atoms with Gasteiger partial charge in [0.2, 0.25) is 0 Å². The molecule has 1 saturated heterocycles. The van der Waals surface area contributed by atoms with Crippen molar-refractivity contribution in [2.75, 3.05) is 19.6 Å². The molecule has 1 aromatic rings. The summed E-state index contributed by atoms with van der Waals surface area (Å²) in [6.07, 6.45) is -3.51. The number of likely N-dealkylation sites (tertiary alicyclic amines) is 1. The molecule has 0 unspecified atom stereocenters. The Hall–Kier alpha value is -1.56. The minimum Gasteiger partial charge on any atom is -0.339 e. The molecule has 1 heterocycles. The zero-order valence-corrected chi connectivity index (χ0v) is 11.7. The molecule has 0 spiro atoms. The van der Waals surface area contributed by atoms with Crippen LogP contribution in [0, 0.1) is 5.92 Å². The van der Waals surface area contributed by atoms with Crippen molar-refractivity contribution in [2.24, 2.45) is 11.7 Å². The minimum atomic E-state index is -4.16. The Bertz CT molecular complexity index is 494. The molecule has 2 rings (SSSR count). The number of amides is 1. The number of hydrogen-bond donors (Lipinski definition) is 1. The third-order valence-corrected chi connectivity index (χ3v) is 3.85. The van der Waals surface area contributed by atoms with Gasteiger partial charge < -0.3 is 10.6 Å². The number of benzene rings is 1. The van der Waals surface area contributed by atoms with Crippen LogP contribution in [0.2, 0.25) is 0 Å². The summed E-state index contributed by atoms with van der Waals surface area (Å²) >= 11 is 0. The normalized spacial score (nSPS) is 17.0. The molecule has 1 amide bonds. The lowest BCUT2D eigenvalue weighted by Crippen LogP contribution is -2.42. The summed E-state index contributed by atoms with van der Waals surface area (Å²) < 4.78 is 37.8. The summed E-state index contributed by atoms with van der Waals surface area (Å²) in [7, 11) is 0. The van der Waals surface area contributed by atoms with E-state index in [0.717, 1.165) is 5.56 Å². The molecule has 1 aromatic carbocycles. The third kappa shape index (κ3) is 3.97. The van der Waals surface area contributed by atoms with Gasteiger partial charge in [0.1, 0.15) is 0 Å². The first-order valence-electron chi connectivity index (χ1n) is 7.07. The number of carbonyl (C=O) groups excluding carboxylic acids is 1. The van der Waals surface area contributed by atoms with Crippen molar-refractivity contribution < 1.29 is 18.0 Å². The SMILES string of the molecule is NCCc1cccc(C(=O)N2CCC(C(F)(F)F)CC2)c1. The molecule has 2 N–H and O–H groups in total. The highest BCUT2D eigenvalue weighted by Crippen LogP contribution is 2.34. The van der Waals surface area contributed by atoms with Crippen LogP contribution in [-0.2, 0) is 6.42 Å². The second kappa shape index (κ2) is 6.47. The van der Waals surface area contributed by atoms with Crippen molar-refractivity contribution in [3.05, 3.63) is 35.4 Å². The first-order valence-corrected chi connectivity index (χ1v) is 7.07. The second-order valence-electron chi connectivity index (χ2n) is 5.35. The number of halogens is 3. The quantitative estimate of drug-likeness (QED) is 0.932. The van der Waals surface area contributed by atoms with Gasteiger partial charge in [-0.3, -0.25) is 4.79 Å². The lowest BCUT2D eigenvalue weighted by atomic mass is 9.95. The summed E-state index contributed by atoms with van der Waals surface area (Å²) in [6, 6.07) is 7.13. The highest BCUT2D eigenvalue weighted by atomic mass is 19.4. The molecule has 116 valence electrons. The van der Waals surface area contributed by atoms with Gasteiger partial charge in [-0.15, -0.1) is 0 Å². The predicted molar refractivity (Wildman–Crippen MR) is 73.9 cm³/mol. The summed E-state index contributed by atoms with van der Waals surface area (Å²) in [5.74, 6) is -1.49. The molecule has 1 aliphatic rings. The van der Waals surface area contributed by atoms with Gasteiger partial charge in [-0.2, -0.15) is 13.2 Å². The first-order chi connectivity index (χ1) is 9.91. The lowest BCUT2D eigenvalue weighted by Gasteiger charge is -2.33. The van der Waals surface area contributed by atoms with Gasteiger partial charge in [0.05, 0.1) is 5.92 Å². The molecule has 0 saturated carbocycles. The van der Waals surface area contributed by atoms with Crippen molar-refractivity contribution in [1.82, 2.24) is 4.90 Å². The van der Waals surface area contributed by atoms with Crippen LogP contribution in [-0.4, -0.2) is 36.6 Å². The number of nitrogens with two attached hydrogens (primary N) is 1. The average molecular weight is 300 g/mol. The van der Waals surface area contributed by atoms with E-state index in [-0.39, 0.29) is 31.8 Å². The third-order valence-electron chi connectivity index (χ3n) is 3.85. The van der Waals surface area contributed by atoms with Gasteiger partial charge >= 0.3 is 6.18 Å². The van der Waals surface area contributed by atoms with Crippen LogP contribution in [0.5, 0.6) is 0 Å². The van der Waals surface area contributed by atoms with E-state index >= 15 is 0 Å². The zero-order valence-electron chi connectivity index (χ0n) is 11.7. The van der Waals surface area contributed by atoms with Crippen LogP contribution < -0.4 is 5.73 Å². The van der Waals surface area contributed by atoms with Crippen LogP contribution in [0.15, 0.2) is 24.3 Å². The molecule has 0 radical (unpaired) electrons. The molecule has 0 bridgehead atoms. The Morgan fingerprint density at radius 3 is 2.52 bits per heavy atom. The van der Waals surface area contributed by atoms with E-state index in [1.165, 1.54) is 4.90 Å². The lowest BCUT2D eigenvalue weighted by molar-refractivity contribution is -0.183. The Kier molecular flexibility index (Phi) is 4.88. The molecular weight excluding hydrogens is 281 g/mol. The second-order valence-corrected chi connectivity index (χ2v) is 5.35. The van der Waals surface area contributed by atoms with Gasteiger partial charge in [-0.1, -0.05) is 12.1 Å². The minimum absolute atomic E-state index is 0.0161. The van der Waals surface area contributed by atoms with Gasteiger partial charge in [0.25, 0.3) is 5.91 Å². The maximum atomic E-state index is 12.6. The van der Waals surface area contributed by atoms with E-state index in [4.69, 9.17) is 5.73 Å². The molecule has 6 heteroatoms. The molecule has 3 nitrogen and oxygen atoms in total. The van der Waals surface area contributed by atoms with E-state index in [9.17, 15) is 18.0 Å². The summed E-state index contributed by atoms with van der Waals surface area (Å²) in [5.41, 5.74) is 6.97. The Morgan fingerprint density at radius 2 is 1.95 bits per heavy atom. The van der Waals surface area contributed by atoms with Crippen LogP contribution >= 0.6 is 0 Å². The van der Waals surface area contributed by atoms with E-state index in [2.05, 4.69) is 0 Å². The topological polar surface area (TPSA) is 46.3 Å². The van der Waals surface area contributed by atoms with E-state index in [1.807, 2.05) is 6.07 Å². The molecule has 1 aliphatic heterocycles. The Balaban J connectivity index is 2.00. The number of hydrogen-bond acceptors (Lipinski definition) is 2. The van der Waals surface area contributed by atoms with Gasteiger partial charge in [-0.05, 0) is 43.5 Å². The molecule has 21 heavy (non-hydrogen) atoms. The molecule has 0 aliphatic carbocycles. The molecule has 1 fully saturated rings. The average Bonchev–Trinajstić information content (AvgIpc) is 2.46. The maximum Gasteiger partial charge on any atom is 0.391 e. The fourth-order valence-corrected chi connectivity index (χ4v) is 2.62. The number of nitrogens with zero attached hydrogens (tertiary/aromatic N) is 1. The number of alkyl halides is 3.